The zero-order chi connectivity index (χ0) is 9.40. The van der Waals surface area contributed by atoms with E-state index in [0.717, 1.165) is 4.47 Å². The van der Waals surface area contributed by atoms with Crippen molar-refractivity contribution in [2.45, 2.75) is 6.92 Å². The fraction of sp³-hybridized carbons (Fsp3) is 0.222. The predicted molar refractivity (Wildman–Crippen MR) is 52.0 cm³/mol. The standard InChI is InChI=1S/C7H7Br.C2H4O2/c1-6-2-4-7(8)5-3-6;1-4-2-3/h2-5H,1H3;2H,1H3. The van der Waals surface area contributed by atoms with E-state index in [1.807, 2.05) is 12.1 Å². The number of hydrogen-bond acceptors (Lipinski definition) is 2. The van der Waals surface area contributed by atoms with Crippen LogP contribution in [0, 0.1) is 6.92 Å². The van der Waals surface area contributed by atoms with Gasteiger partial charge in [-0.15, -0.1) is 0 Å². The van der Waals surface area contributed by atoms with E-state index in [4.69, 9.17) is 4.79 Å². The Bertz CT molecular complexity index is 197. The van der Waals surface area contributed by atoms with Gasteiger partial charge < -0.3 is 4.74 Å². The number of carbonyl (C=O) groups is 1. The van der Waals surface area contributed by atoms with Crippen molar-refractivity contribution in [3.63, 3.8) is 0 Å². The van der Waals surface area contributed by atoms with Crippen molar-refractivity contribution in [1.29, 1.82) is 0 Å². The van der Waals surface area contributed by atoms with Crippen LogP contribution in [0.5, 0.6) is 0 Å². The number of hydrogen-bond donors (Lipinski definition) is 0. The first kappa shape index (κ1) is 11.2. The summed E-state index contributed by atoms with van der Waals surface area (Å²) in [5, 5.41) is 0. The van der Waals surface area contributed by atoms with Gasteiger partial charge >= 0.3 is 0 Å². The minimum Gasteiger partial charge on any atom is -0.471 e. The summed E-state index contributed by atoms with van der Waals surface area (Å²) in [4.78, 5) is 8.95. The normalized spacial score (nSPS) is 7.92. The van der Waals surface area contributed by atoms with Gasteiger partial charge in [0.15, 0.2) is 0 Å². The molecule has 0 aliphatic rings. The maximum atomic E-state index is 8.95. The van der Waals surface area contributed by atoms with Gasteiger partial charge in [0.05, 0.1) is 7.11 Å². The maximum Gasteiger partial charge on any atom is 0.292 e. The van der Waals surface area contributed by atoms with Gasteiger partial charge in [0.25, 0.3) is 6.47 Å². The average molecular weight is 231 g/mol. The molecule has 0 saturated carbocycles. The van der Waals surface area contributed by atoms with Crippen LogP contribution < -0.4 is 0 Å². The van der Waals surface area contributed by atoms with Crippen molar-refractivity contribution in [2.24, 2.45) is 0 Å². The Balaban J connectivity index is 0.000000261. The Hall–Kier alpha value is -0.830. The first-order valence-electron chi connectivity index (χ1n) is 3.39. The van der Waals surface area contributed by atoms with E-state index in [-0.39, 0.29) is 0 Å². The van der Waals surface area contributed by atoms with E-state index in [2.05, 4.69) is 39.7 Å². The highest BCUT2D eigenvalue weighted by atomic mass is 79.9. The number of rotatable bonds is 1. The van der Waals surface area contributed by atoms with Gasteiger partial charge in [-0.05, 0) is 19.1 Å². The van der Waals surface area contributed by atoms with Crippen molar-refractivity contribution in [3.8, 4) is 0 Å². The summed E-state index contributed by atoms with van der Waals surface area (Å²) in [7, 11) is 1.31. The highest BCUT2D eigenvalue weighted by molar-refractivity contribution is 9.10. The van der Waals surface area contributed by atoms with Crippen molar-refractivity contribution in [2.75, 3.05) is 7.11 Å². The lowest BCUT2D eigenvalue weighted by Crippen LogP contribution is -1.68. The molecule has 66 valence electrons. The molecule has 0 N–H and O–H groups in total. The minimum atomic E-state index is 0.375. The Labute approximate surface area is 80.7 Å². The highest BCUT2D eigenvalue weighted by Gasteiger charge is 1.81. The van der Waals surface area contributed by atoms with E-state index in [1.165, 1.54) is 12.7 Å². The lowest BCUT2D eigenvalue weighted by atomic mass is 10.2. The molecule has 2 nitrogen and oxygen atoms in total. The summed E-state index contributed by atoms with van der Waals surface area (Å²) in [5.74, 6) is 0. The molecule has 1 aromatic rings. The molecule has 0 bridgehead atoms. The Morgan fingerprint density at radius 2 is 1.75 bits per heavy atom. The molecule has 1 aromatic carbocycles. The predicted octanol–water partition coefficient (Wildman–Crippen LogP) is 2.55. The van der Waals surface area contributed by atoms with E-state index in [9.17, 15) is 0 Å². The third kappa shape index (κ3) is 5.92. The molecule has 1 rings (SSSR count). The van der Waals surface area contributed by atoms with Gasteiger partial charge in [0.1, 0.15) is 0 Å². The van der Waals surface area contributed by atoms with Gasteiger partial charge in [0.2, 0.25) is 0 Å². The lowest BCUT2D eigenvalue weighted by Gasteiger charge is -1.88. The van der Waals surface area contributed by atoms with Crippen LogP contribution in [0.1, 0.15) is 5.56 Å². The van der Waals surface area contributed by atoms with Crippen molar-refractivity contribution in [1.82, 2.24) is 0 Å². The van der Waals surface area contributed by atoms with Gasteiger partial charge in [-0.3, -0.25) is 4.79 Å². The van der Waals surface area contributed by atoms with E-state index in [0.29, 0.717) is 6.47 Å². The molecule has 0 unspecified atom stereocenters. The van der Waals surface area contributed by atoms with Crippen LogP contribution in [0.4, 0.5) is 0 Å². The highest BCUT2D eigenvalue weighted by Crippen LogP contribution is 2.08. The topological polar surface area (TPSA) is 26.3 Å². The second kappa shape index (κ2) is 6.85. The summed E-state index contributed by atoms with van der Waals surface area (Å²) in [6.45, 7) is 2.45. The number of ether oxygens (including phenoxy) is 1. The van der Waals surface area contributed by atoms with E-state index < -0.39 is 0 Å². The largest absolute Gasteiger partial charge is 0.471 e. The third-order valence-electron chi connectivity index (χ3n) is 1.11. The van der Waals surface area contributed by atoms with Crippen LogP contribution in [0.15, 0.2) is 28.7 Å². The second-order valence-electron chi connectivity index (χ2n) is 2.13. The fourth-order valence-corrected chi connectivity index (χ4v) is 0.798. The first-order chi connectivity index (χ1) is 5.70. The SMILES string of the molecule is COC=O.Cc1ccc(Br)cc1. The van der Waals surface area contributed by atoms with Crippen LogP contribution in [-0.4, -0.2) is 13.6 Å². The zero-order valence-electron chi connectivity index (χ0n) is 7.08. The number of aryl methyl sites for hydroxylation is 1. The van der Waals surface area contributed by atoms with Crippen LogP contribution in [0.2, 0.25) is 0 Å². The lowest BCUT2D eigenvalue weighted by molar-refractivity contribution is -0.126. The van der Waals surface area contributed by atoms with Gasteiger partial charge in [-0.1, -0.05) is 33.6 Å². The van der Waals surface area contributed by atoms with Crippen molar-refractivity contribution in [3.05, 3.63) is 34.3 Å². The zero-order valence-corrected chi connectivity index (χ0v) is 8.67. The molecule has 0 fully saturated rings. The number of benzene rings is 1. The molecule has 12 heavy (non-hydrogen) atoms. The van der Waals surface area contributed by atoms with Crippen molar-refractivity contribution >= 4 is 22.4 Å². The van der Waals surface area contributed by atoms with Gasteiger partial charge in [-0.25, -0.2) is 0 Å². The summed E-state index contributed by atoms with van der Waals surface area (Å²) in [6, 6.07) is 8.22. The van der Waals surface area contributed by atoms with Crippen LogP contribution in [0.25, 0.3) is 0 Å². The third-order valence-corrected chi connectivity index (χ3v) is 1.64. The molecule has 0 aliphatic heterocycles. The molecular weight excluding hydrogens is 220 g/mol. The fourth-order valence-electron chi connectivity index (χ4n) is 0.533. The van der Waals surface area contributed by atoms with Crippen molar-refractivity contribution < 1.29 is 9.53 Å². The molecule has 0 spiro atoms. The Morgan fingerprint density at radius 3 is 2.00 bits per heavy atom. The van der Waals surface area contributed by atoms with Gasteiger partial charge in [-0.2, -0.15) is 0 Å². The van der Waals surface area contributed by atoms with Crippen LogP contribution in [-0.2, 0) is 9.53 Å². The molecule has 0 radical (unpaired) electrons. The molecule has 0 aromatic heterocycles. The number of methoxy groups -OCH3 is 1. The molecule has 0 aliphatic carbocycles. The van der Waals surface area contributed by atoms with Crippen LogP contribution in [0.3, 0.4) is 0 Å². The molecule has 3 heteroatoms. The van der Waals surface area contributed by atoms with E-state index >= 15 is 0 Å². The number of carbonyl (C=O) groups excluding carboxylic acids is 1. The summed E-state index contributed by atoms with van der Waals surface area (Å²) in [6.07, 6.45) is 0. The molecular formula is C9H11BrO2. The second-order valence-corrected chi connectivity index (χ2v) is 3.04. The number of halogens is 1. The summed E-state index contributed by atoms with van der Waals surface area (Å²) >= 11 is 3.35. The van der Waals surface area contributed by atoms with E-state index in [1.54, 1.807) is 0 Å². The molecule has 0 atom stereocenters. The Kier molecular flexibility index (Phi) is 6.38. The molecule has 0 saturated heterocycles. The quantitative estimate of drug-likeness (QED) is 0.694. The maximum absolute atomic E-state index is 8.95. The minimum absolute atomic E-state index is 0.375. The first-order valence-corrected chi connectivity index (χ1v) is 4.18. The smallest absolute Gasteiger partial charge is 0.292 e. The summed E-state index contributed by atoms with van der Waals surface area (Å²) < 4.78 is 5.00. The molecule has 0 heterocycles. The Morgan fingerprint density at radius 1 is 1.33 bits per heavy atom. The van der Waals surface area contributed by atoms with Gasteiger partial charge in [0, 0.05) is 4.47 Å². The molecule has 0 amide bonds. The van der Waals surface area contributed by atoms with Crippen LogP contribution >= 0.6 is 15.9 Å². The monoisotopic (exact) mass is 230 g/mol. The summed E-state index contributed by atoms with van der Waals surface area (Å²) in [5.41, 5.74) is 1.30. The average Bonchev–Trinajstić information content (AvgIpc) is 2.11.